The van der Waals surface area contributed by atoms with Crippen molar-refractivity contribution >= 4 is 0 Å². The molecule has 4 heteroatoms. The number of benzene rings is 1. The SMILES string of the molecule is CCOCCCNC(C)C(O)c1cccc(OC)c1. The quantitative estimate of drug-likeness (QED) is 0.673. The van der Waals surface area contributed by atoms with Crippen LogP contribution in [-0.2, 0) is 4.74 Å². The van der Waals surface area contributed by atoms with Crippen LogP contribution in [0.4, 0.5) is 0 Å². The minimum absolute atomic E-state index is 0.00580. The van der Waals surface area contributed by atoms with Crippen molar-refractivity contribution in [3.63, 3.8) is 0 Å². The Morgan fingerprint density at radius 1 is 1.37 bits per heavy atom. The van der Waals surface area contributed by atoms with E-state index in [1.165, 1.54) is 0 Å². The van der Waals surface area contributed by atoms with Crippen LogP contribution in [0.1, 0.15) is 31.9 Å². The highest BCUT2D eigenvalue weighted by molar-refractivity contribution is 5.30. The van der Waals surface area contributed by atoms with Gasteiger partial charge in [0.25, 0.3) is 0 Å². The number of ether oxygens (including phenoxy) is 2. The maximum atomic E-state index is 10.3. The second kappa shape index (κ2) is 8.91. The van der Waals surface area contributed by atoms with Crippen LogP contribution in [0.25, 0.3) is 0 Å². The molecule has 0 saturated heterocycles. The monoisotopic (exact) mass is 267 g/mol. The first-order valence-corrected chi connectivity index (χ1v) is 6.82. The summed E-state index contributed by atoms with van der Waals surface area (Å²) in [7, 11) is 1.63. The van der Waals surface area contributed by atoms with E-state index in [0.717, 1.165) is 37.5 Å². The molecule has 0 heterocycles. The summed E-state index contributed by atoms with van der Waals surface area (Å²) in [5, 5.41) is 13.6. The normalized spacial score (nSPS) is 14.1. The largest absolute Gasteiger partial charge is 0.497 e. The van der Waals surface area contributed by atoms with E-state index in [0.29, 0.717) is 0 Å². The van der Waals surface area contributed by atoms with Crippen molar-refractivity contribution in [2.75, 3.05) is 26.9 Å². The van der Waals surface area contributed by atoms with Gasteiger partial charge in [-0.2, -0.15) is 0 Å². The van der Waals surface area contributed by atoms with Crippen molar-refractivity contribution in [1.29, 1.82) is 0 Å². The third-order valence-corrected chi connectivity index (χ3v) is 3.04. The van der Waals surface area contributed by atoms with E-state index < -0.39 is 6.10 Å². The minimum Gasteiger partial charge on any atom is -0.497 e. The van der Waals surface area contributed by atoms with E-state index in [9.17, 15) is 5.11 Å². The summed E-state index contributed by atoms with van der Waals surface area (Å²) in [6, 6.07) is 7.53. The van der Waals surface area contributed by atoms with E-state index in [4.69, 9.17) is 9.47 Å². The van der Waals surface area contributed by atoms with Gasteiger partial charge < -0.3 is 19.9 Å². The minimum atomic E-state index is -0.540. The molecule has 0 radical (unpaired) electrons. The van der Waals surface area contributed by atoms with Gasteiger partial charge in [-0.3, -0.25) is 0 Å². The van der Waals surface area contributed by atoms with Crippen molar-refractivity contribution in [3.8, 4) is 5.75 Å². The lowest BCUT2D eigenvalue weighted by atomic mass is 10.0. The van der Waals surface area contributed by atoms with Crippen molar-refractivity contribution in [2.24, 2.45) is 0 Å². The van der Waals surface area contributed by atoms with Crippen molar-refractivity contribution in [1.82, 2.24) is 5.32 Å². The first-order valence-electron chi connectivity index (χ1n) is 6.82. The van der Waals surface area contributed by atoms with E-state index in [1.807, 2.05) is 38.1 Å². The topological polar surface area (TPSA) is 50.7 Å². The molecule has 2 N–H and O–H groups in total. The van der Waals surface area contributed by atoms with E-state index >= 15 is 0 Å². The van der Waals surface area contributed by atoms with Crippen molar-refractivity contribution in [3.05, 3.63) is 29.8 Å². The third-order valence-electron chi connectivity index (χ3n) is 3.04. The van der Waals surface area contributed by atoms with Gasteiger partial charge >= 0.3 is 0 Å². The molecule has 0 bridgehead atoms. The average molecular weight is 267 g/mol. The highest BCUT2D eigenvalue weighted by Crippen LogP contribution is 2.21. The van der Waals surface area contributed by atoms with Gasteiger partial charge in [0.2, 0.25) is 0 Å². The van der Waals surface area contributed by atoms with Crippen molar-refractivity contribution in [2.45, 2.75) is 32.4 Å². The predicted octanol–water partition coefficient (Wildman–Crippen LogP) is 2.13. The van der Waals surface area contributed by atoms with Gasteiger partial charge in [-0.05, 0) is 44.5 Å². The summed E-state index contributed by atoms with van der Waals surface area (Å²) < 4.78 is 10.4. The summed E-state index contributed by atoms with van der Waals surface area (Å²) in [5.74, 6) is 0.764. The molecule has 2 unspecified atom stereocenters. The summed E-state index contributed by atoms with van der Waals surface area (Å²) in [4.78, 5) is 0. The van der Waals surface area contributed by atoms with Crippen LogP contribution in [-0.4, -0.2) is 38.0 Å². The summed E-state index contributed by atoms with van der Waals surface area (Å²) >= 11 is 0. The third kappa shape index (κ3) is 5.59. The Balaban J connectivity index is 2.40. The van der Waals surface area contributed by atoms with Gasteiger partial charge in [-0.1, -0.05) is 12.1 Å². The average Bonchev–Trinajstić information content (AvgIpc) is 2.46. The Hall–Kier alpha value is -1.10. The second-order valence-corrected chi connectivity index (χ2v) is 4.51. The van der Waals surface area contributed by atoms with Crippen LogP contribution in [0, 0.1) is 0 Å². The van der Waals surface area contributed by atoms with Crippen LogP contribution in [0.3, 0.4) is 0 Å². The summed E-state index contributed by atoms with van der Waals surface area (Å²) in [6.07, 6.45) is 0.408. The highest BCUT2D eigenvalue weighted by Gasteiger charge is 2.15. The molecule has 108 valence electrons. The highest BCUT2D eigenvalue weighted by atomic mass is 16.5. The lowest BCUT2D eigenvalue weighted by molar-refractivity contribution is 0.125. The Morgan fingerprint density at radius 2 is 2.16 bits per heavy atom. The molecule has 2 atom stereocenters. The molecular formula is C15H25NO3. The first kappa shape index (κ1) is 16.0. The molecule has 1 rings (SSSR count). The smallest absolute Gasteiger partial charge is 0.119 e. The standard InChI is InChI=1S/C15H25NO3/c1-4-19-10-6-9-16-12(2)15(17)13-7-5-8-14(11-13)18-3/h5,7-8,11-12,15-17H,4,6,9-10H2,1-3H3. The number of nitrogens with one attached hydrogen (secondary N) is 1. The maximum Gasteiger partial charge on any atom is 0.119 e. The molecule has 0 aromatic heterocycles. The van der Waals surface area contributed by atoms with E-state index in [-0.39, 0.29) is 6.04 Å². The summed E-state index contributed by atoms with van der Waals surface area (Å²) in [5.41, 5.74) is 0.865. The zero-order valence-corrected chi connectivity index (χ0v) is 12.1. The van der Waals surface area contributed by atoms with Gasteiger partial charge in [0.1, 0.15) is 5.75 Å². The molecule has 0 aliphatic heterocycles. The Morgan fingerprint density at radius 3 is 2.84 bits per heavy atom. The number of aliphatic hydroxyl groups excluding tert-OH is 1. The van der Waals surface area contributed by atoms with Gasteiger partial charge in [-0.15, -0.1) is 0 Å². The Kier molecular flexibility index (Phi) is 7.48. The Bertz CT molecular complexity index is 357. The van der Waals surface area contributed by atoms with E-state index in [1.54, 1.807) is 7.11 Å². The van der Waals surface area contributed by atoms with Crippen molar-refractivity contribution < 1.29 is 14.6 Å². The Labute approximate surface area is 115 Å². The zero-order chi connectivity index (χ0) is 14.1. The zero-order valence-electron chi connectivity index (χ0n) is 12.1. The van der Waals surface area contributed by atoms with Crippen LogP contribution < -0.4 is 10.1 Å². The van der Waals surface area contributed by atoms with Crippen LogP contribution in [0.5, 0.6) is 5.75 Å². The molecule has 4 nitrogen and oxygen atoms in total. The van der Waals surface area contributed by atoms with Gasteiger partial charge in [0.15, 0.2) is 0 Å². The fourth-order valence-electron chi connectivity index (χ4n) is 1.87. The second-order valence-electron chi connectivity index (χ2n) is 4.51. The fourth-order valence-corrected chi connectivity index (χ4v) is 1.87. The molecule has 0 amide bonds. The number of hydrogen-bond acceptors (Lipinski definition) is 4. The predicted molar refractivity (Wildman–Crippen MR) is 76.5 cm³/mol. The number of aliphatic hydroxyl groups is 1. The number of methoxy groups -OCH3 is 1. The van der Waals surface area contributed by atoms with Crippen LogP contribution >= 0.6 is 0 Å². The molecule has 1 aromatic carbocycles. The molecule has 0 aliphatic carbocycles. The number of rotatable bonds is 9. The molecule has 0 spiro atoms. The summed E-state index contributed by atoms with van der Waals surface area (Å²) in [6.45, 7) is 6.31. The number of hydrogen-bond donors (Lipinski definition) is 2. The molecule has 1 aromatic rings. The molecule has 19 heavy (non-hydrogen) atoms. The molecule has 0 aliphatic rings. The van der Waals surface area contributed by atoms with Gasteiger partial charge in [0, 0.05) is 19.3 Å². The molecule has 0 saturated carbocycles. The molecular weight excluding hydrogens is 242 g/mol. The van der Waals surface area contributed by atoms with Crippen LogP contribution in [0.15, 0.2) is 24.3 Å². The lowest BCUT2D eigenvalue weighted by Crippen LogP contribution is -2.33. The van der Waals surface area contributed by atoms with Crippen LogP contribution in [0.2, 0.25) is 0 Å². The maximum absolute atomic E-state index is 10.3. The first-order chi connectivity index (χ1) is 9.19. The fraction of sp³-hybridized carbons (Fsp3) is 0.600. The van der Waals surface area contributed by atoms with Gasteiger partial charge in [0.05, 0.1) is 13.2 Å². The van der Waals surface area contributed by atoms with E-state index in [2.05, 4.69) is 5.32 Å². The molecule has 0 fully saturated rings. The van der Waals surface area contributed by atoms with Gasteiger partial charge in [-0.25, -0.2) is 0 Å². The lowest BCUT2D eigenvalue weighted by Gasteiger charge is -2.21.